The van der Waals surface area contributed by atoms with Gasteiger partial charge in [-0.1, -0.05) is 0 Å². The first-order valence-electron chi connectivity index (χ1n) is 2.70. The Balaban J connectivity index is 0.000000187. The van der Waals surface area contributed by atoms with E-state index >= 15 is 0 Å². The summed E-state index contributed by atoms with van der Waals surface area (Å²) in [6.07, 6.45) is 3.64. The van der Waals surface area contributed by atoms with Crippen molar-refractivity contribution in [1.29, 1.82) is 0 Å². The van der Waals surface area contributed by atoms with Gasteiger partial charge in [0.25, 0.3) is 0 Å². The van der Waals surface area contributed by atoms with Crippen LogP contribution in [0.1, 0.15) is 0 Å². The number of hydrogen-bond acceptors (Lipinski definition) is 1. The lowest BCUT2D eigenvalue weighted by molar-refractivity contribution is 0.368. The average molecular weight is 169 g/mol. The summed E-state index contributed by atoms with van der Waals surface area (Å²) in [4.78, 5) is 0. The summed E-state index contributed by atoms with van der Waals surface area (Å²) in [6.45, 7) is 0. The fraction of sp³-hybridized carbons (Fsp3) is 0.250. The van der Waals surface area contributed by atoms with E-state index in [2.05, 4.69) is 5.10 Å². The molecule has 1 rings (SSSR count). The highest BCUT2D eigenvalue weighted by atomic mass is 19.5. The van der Waals surface area contributed by atoms with Crippen LogP contribution in [0.4, 0.5) is 17.3 Å². The van der Waals surface area contributed by atoms with Crippen molar-refractivity contribution in [2.75, 3.05) is 0 Å². The number of hydrogen-bond donors (Lipinski definition) is 0. The monoisotopic (exact) mass is 169 g/mol. The van der Waals surface area contributed by atoms with Crippen LogP contribution < -0.4 is 0 Å². The van der Waals surface area contributed by atoms with Gasteiger partial charge in [-0.25, -0.2) is 0 Å². The molecule has 0 aliphatic heterocycles. The van der Waals surface area contributed by atoms with Crippen LogP contribution in [-0.2, 0) is 7.05 Å². The number of nitrogens with zero attached hydrogens (tertiary/aromatic N) is 2. The van der Waals surface area contributed by atoms with Crippen LogP contribution in [0.2, 0.25) is 0 Å². The standard InChI is InChI=1S/C4H6N2.BF4/c1-6-4-2-3-5-6;2-1(3,4)5/h2-4H,1H3;/q;-1. The van der Waals surface area contributed by atoms with Crippen molar-refractivity contribution >= 4 is 7.25 Å². The summed E-state index contributed by atoms with van der Waals surface area (Å²) in [7, 11) is -4.11. The van der Waals surface area contributed by atoms with E-state index in [9.17, 15) is 17.3 Å². The zero-order chi connectivity index (χ0) is 8.91. The van der Waals surface area contributed by atoms with E-state index in [0.29, 0.717) is 0 Å². The maximum Gasteiger partial charge on any atom is 0.673 e. The smallest absolute Gasteiger partial charge is 0.418 e. The van der Waals surface area contributed by atoms with Gasteiger partial charge in [0.2, 0.25) is 0 Å². The summed E-state index contributed by atoms with van der Waals surface area (Å²) in [5.41, 5.74) is 0. The Morgan fingerprint density at radius 1 is 1.27 bits per heavy atom. The Kier molecular flexibility index (Phi) is 3.63. The van der Waals surface area contributed by atoms with Gasteiger partial charge in [-0.05, 0) is 6.07 Å². The molecule has 0 aliphatic carbocycles. The molecule has 0 unspecified atom stereocenters. The van der Waals surface area contributed by atoms with Gasteiger partial charge in [-0.3, -0.25) is 4.68 Å². The molecular weight excluding hydrogens is 163 g/mol. The van der Waals surface area contributed by atoms with Crippen LogP contribution in [0.25, 0.3) is 0 Å². The minimum absolute atomic E-state index is 1.75. The molecule has 0 aliphatic rings. The van der Waals surface area contributed by atoms with Crippen LogP contribution in [0.15, 0.2) is 18.5 Å². The summed E-state index contributed by atoms with van der Waals surface area (Å²) >= 11 is 0. The van der Waals surface area contributed by atoms with E-state index in [1.54, 1.807) is 10.9 Å². The SMILES string of the molecule is Cn1cccn1.F[B-](F)(F)F. The largest absolute Gasteiger partial charge is 0.673 e. The molecule has 7 heteroatoms. The lowest BCUT2D eigenvalue weighted by Gasteiger charge is -1.94. The molecule has 2 nitrogen and oxygen atoms in total. The molecule has 1 aromatic rings. The molecule has 0 amide bonds. The Morgan fingerprint density at radius 3 is 1.82 bits per heavy atom. The minimum Gasteiger partial charge on any atom is -0.418 e. The van der Waals surface area contributed by atoms with Crippen molar-refractivity contribution in [2.24, 2.45) is 7.05 Å². The van der Waals surface area contributed by atoms with Gasteiger partial charge in [0.05, 0.1) is 0 Å². The zero-order valence-electron chi connectivity index (χ0n) is 5.72. The predicted molar refractivity (Wildman–Crippen MR) is 33.4 cm³/mol. The lowest BCUT2D eigenvalue weighted by Crippen LogP contribution is -2.02. The number of halogens is 4. The van der Waals surface area contributed by atoms with Gasteiger partial charge in [0.15, 0.2) is 0 Å². The maximum atomic E-state index is 9.75. The summed E-state index contributed by atoms with van der Waals surface area (Å²) in [6, 6.07) is 1.89. The molecule has 0 aromatic carbocycles. The summed E-state index contributed by atoms with van der Waals surface area (Å²) < 4.78 is 40.8. The Morgan fingerprint density at radius 2 is 1.73 bits per heavy atom. The third kappa shape index (κ3) is 12.2. The van der Waals surface area contributed by atoms with E-state index in [-0.39, 0.29) is 0 Å². The van der Waals surface area contributed by atoms with Crippen molar-refractivity contribution < 1.29 is 17.3 Å². The van der Waals surface area contributed by atoms with Crippen LogP contribution in [-0.4, -0.2) is 17.0 Å². The molecule has 64 valence electrons. The average Bonchev–Trinajstić information content (AvgIpc) is 2.12. The van der Waals surface area contributed by atoms with E-state index in [0.717, 1.165) is 0 Å². The molecule has 0 fully saturated rings. The Labute approximate surface area is 60.9 Å². The van der Waals surface area contributed by atoms with Gasteiger partial charge < -0.3 is 17.3 Å². The highest BCUT2D eigenvalue weighted by Gasteiger charge is 2.20. The molecular formula is C4H6BF4N2-. The molecule has 1 aromatic heterocycles. The first kappa shape index (κ1) is 9.99. The Hall–Kier alpha value is -1.01. The van der Waals surface area contributed by atoms with Crippen LogP contribution >= 0.6 is 0 Å². The molecule has 0 spiro atoms. The summed E-state index contributed by atoms with van der Waals surface area (Å²) in [5, 5.41) is 3.83. The quantitative estimate of drug-likeness (QED) is 0.427. The molecule has 11 heavy (non-hydrogen) atoms. The first-order valence-corrected chi connectivity index (χ1v) is 2.70. The molecule has 0 bridgehead atoms. The zero-order valence-corrected chi connectivity index (χ0v) is 5.72. The van der Waals surface area contributed by atoms with E-state index in [4.69, 9.17) is 0 Å². The van der Waals surface area contributed by atoms with Gasteiger partial charge >= 0.3 is 7.25 Å². The molecule has 0 atom stereocenters. The fourth-order valence-corrected chi connectivity index (χ4v) is 0.345. The van der Waals surface area contributed by atoms with Gasteiger partial charge in [-0.15, -0.1) is 0 Å². The topological polar surface area (TPSA) is 17.8 Å². The van der Waals surface area contributed by atoms with Gasteiger partial charge in [0.1, 0.15) is 0 Å². The van der Waals surface area contributed by atoms with Crippen LogP contribution in [0.5, 0.6) is 0 Å². The normalized spacial score (nSPS) is 10.3. The van der Waals surface area contributed by atoms with E-state index in [1.165, 1.54) is 0 Å². The molecule has 0 N–H and O–H groups in total. The Bertz CT molecular complexity index is 176. The number of aromatic nitrogens is 2. The molecule has 1 heterocycles. The second-order valence-corrected chi connectivity index (χ2v) is 1.67. The highest BCUT2D eigenvalue weighted by Crippen LogP contribution is 2.06. The van der Waals surface area contributed by atoms with E-state index in [1.807, 2.05) is 19.3 Å². The predicted octanol–water partition coefficient (Wildman–Crippen LogP) is 1.72. The van der Waals surface area contributed by atoms with Crippen molar-refractivity contribution in [2.45, 2.75) is 0 Å². The highest BCUT2D eigenvalue weighted by molar-refractivity contribution is 6.50. The second-order valence-electron chi connectivity index (χ2n) is 1.67. The lowest BCUT2D eigenvalue weighted by atomic mass is 10.3. The van der Waals surface area contributed by atoms with Crippen molar-refractivity contribution in [1.82, 2.24) is 9.78 Å². The number of aryl methyl sites for hydroxylation is 1. The first-order chi connectivity index (χ1) is 4.89. The molecule has 0 radical (unpaired) electrons. The third-order valence-electron chi connectivity index (χ3n) is 0.637. The third-order valence-corrected chi connectivity index (χ3v) is 0.637. The molecule has 0 saturated carbocycles. The summed E-state index contributed by atoms with van der Waals surface area (Å²) in [5.74, 6) is 0. The fourth-order valence-electron chi connectivity index (χ4n) is 0.345. The van der Waals surface area contributed by atoms with Crippen molar-refractivity contribution in [3.8, 4) is 0 Å². The molecule has 0 saturated heterocycles. The number of rotatable bonds is 0. The maximum absolute atomic E-state index is 9.75. The van der Waals surface area contributed by atoms with E-state index < -0.39 is 7.25 Å². The van der Waals surface area contributed by atoms with Gasteiger partial charge in [-0.2, -0.15) is 5.10 Å². The van der Waals surface area contributed by atoms with Crippen molar-refractivity contribution in [3.63, 3.8) is 0 Å². The minimum atomic E-state index is -6.00. The second kappa shape index (κ2) is 4.00. The van der Waals surface area contributed by atoms with Gasteiger partial charge in [0, 0.05) is 19.4 Å². The van der Waals surface area contributed by atoms with Crippen LogP contribution in [0.3, 0.4) is 0 Å². The van der Waals surface area contributed by atoms with Crippen molar-refractivity contribution in [3.05, 3.63) is 18.5 Å². The van der Waals surface area contributed by atoms with Crippen LogP contribution in [0, 0.1) is 0 Å².